The summed E-state index contributed by atoms with van der Waals surface area (Å²) in [6.45, 7) is 0. The van der Waals surface area contributed by atoms with Crippen LogP contribution >= 0.6 is 0 Å². The Morgan fingerprint density at radius 1 is 1.08 bits per heavy atom. The van der Waals surface area contributed by atoms with E-state index < -0.39 is 39.0 Å². The molecule has 0 unspecified atom stereocenters. The minimum absolute atomic E-state index is 0.0959. The lowest BCUT2D eigenvalue weighted by atomic mass is 10.2. The molecule has 1 aromatic rings. The number of nitro groups is 1. The molecule has 136 valence electrons. The van der Waals surface area contributed by atoms with Crippen LogP contribution in [-0.4, -0.2) is 55.9 Å². The molecular weight excluding hydrogens is 356 g/mol. The monoisotopic (exact) mass is 372 g/mol. The van der Waals surface area contributed by atoms with Gasteiger partial charge in [-0.15, -0.1) is 0 Å². The standard InChI is InChI=1S/C14H16N2O8S/c1-23-13(17)11-7-8-12(14(18)24-2)15(11)25(21,22)10-5-3-9(4-6-10)16(19)20/h3-6,11-12H,7-8H2,1-2H3/t11-,12-/m1/s1. The normalized spacial score (nSPS) is 20.9. The molecule has 0 saturated carbocycles. The van der Waals surface area contributed by atoms with E-state index in [0.29, 0.717) is 0 Å². The Labute approximate surface area is 143 Å². The van der Waals surface area contributed by atoms with Gasteiger partial charge in [0.2, 0.25) is 10.0 Å². The number of carbonyl (C=O) groups is 2. The predicted molar refractivity (Wildman–Crippen MR) is 83.0 cm³/mol. The number of esters is 2. The van der Waals surface area contributed by atoms with Gasteiger partial charge in [-0.05, 0) is 25.0 Å². The zero-order valence-corrected chi connectivity index (χ0v) is 14.3. The van der Waals surface area contributed by atoms with E-state index in [1.807, 2.05) is 0 Å². The van der Waals surface area contributed by atoms with Crippen molar-refractivity contribution in [2.75, 3.05) is 14.2 Å². The van der Waals surface area contributed by atoms with Crippen molar-refractivity contribution in [1.82, 2.24) is 4.31 Å². The molecule has 1 aliphatic heterocycles. The SMILES string of the molecule is COC(=O)[C@H]1CC[C@H](C(=O)OC)N1S(=O)(=O)c1ccc([N+](=O)[O-])cc1. The van der Waals surface area contributed by atoms with Crippen LogP contribution in [-0.2, 0) is 29.1 Å². The molecule has 1 aromatic carbocycles. The Hall–Kier alpha value is -2.53. The van der Waals surface area contributed by atoms with Crippen molar-refractivity contribution in [2.45, 2.75) is 29.8 Å². The van der Waals surface area contributed by atoms with Crippen LogP contribution in [0.1, 0.15) is 12.8 Å². The summed E-state index contributed by atoms with van der Waals surface area (Å²) in [5.74, 6) is -1.59. The highest BCUT2D eigenvalue weighted by Crippen LogP contribution is 2.33. The van der Waals surface area contributed by atoms with E-state index in [1.54, 1.807) is 0 Å². The number of rotatable bonds is 5. The molecule has 0 bridgehead atoms. The summed E-state index contributed by atoms with van der Waals surface area (Å²) in [5.41, 5.74) is -0.283. The van der Waals surface area contributed by atoms with Gasteiger partial charge < -0.3 is 9.47 Å². The second-order valence-electron chi connectivity index (χ2n) is 5.24. The van der Waals surface area contributed by atoms with E-state index >= 15 is 0 Å². The number of methoxy groups -OCH3 is 2. The van der Waals surface area contributed by atoms with Crippen molar-refractivity contribution in [2.24, 2.45) is 0 Å². The molecule has 2 atom stereocenters. The summed E-state index contributed by atoms with van der Waals surface area (Å²) < 4.78 is 35.8. The van der Waals surface area contributed by atoms with E-state index in [1.165, 1.54) is 0 Å². The third kappa shape index (κ3) is 3.46. The molecule has 25 heavy (non-hydrogen) atoms. The molecule has 0 amide bonds. The van der Waals surface area contributed by atoms with Crippen LogP contribution in [0.5, 0.6) is 0 Å². The van der Waals surface area contributed by atoms with E-state index in [9.17, 15) is 28.1 Å². The maximum absolute atomic E-state index is 12.9. The summed E-state index contributed by atoms with van der Waals surface area (Å²) in [6.07, 6.45) is 0.192. The summed E-state index contributed by atoms with van der Waals surface area (Å²) in [4.78, 5) is 33.6. The molecule has 2 rings (SSSR count). The molecule has 1 heterocycles. The molecule has 1 fully saturated rings. The van der Waals surface area contributed by atoms with Crippen LogP contribution in [0.15, 0.2) is 29.2 Å². The number of non-ortho nitro benzene ring substituents is 1. The summed E-state index contributed by atoms with van der Waals surface area (Å²) in [5, 5.41) is 10.7. The van der Waals surface area contributed by atoms with Crippen molar-refractivity contribution >= 4 is 27.6 Å². The first-order chi connectivity index (χ1) is 11.7. The quantitative estimate of drug-likeness (QED) is 0.413. The number of carbonyl (C=O) groups excluding carboxylic acids is 2. The first-order valence-corrected chi connectivity index (χ1v) is 8.61. The molecule has 10 nitrogen and oxygen atoms in total. The minimum atomic E-state index is -4.28. The Morgan fingerprint density at radius 3 is 1.88 bits per heavy atom. The van der Waals surface area contributed by atoms with Crippen LogP contribution in [0.3, 0.4) is 0 Å². The first-order valence-electron chi connectivity index (χ1n) is 7.17. The van der Waals surface area contributed by atoms with Crippen LogP contribution in [0.25, 0.3) is 0 Å². The van der Waals surface area contributed by atoms with Gasteiger partial charge in [0.05, 0.1) is 24.0 Å². The fourth-order valence-electron chi connectivity index (χ4n) is 2.70. The van der Waals surface area contributed by atoms with E-state index in [-0.39, 0.29) is 23.4 Å². The van der Waals surface area contributed by atoms with Gasteiger partial charge in [-0.25, -0.2) is 8.42 Å². The van der Waals surface area contributed by atoms with E-state index in [2.05, 4.69) is 9.47 Å². The zero-order chi connectivity index (χ0) is 18.8. The number of nitrogens with zero attached hydrogens (tertiary/aromatic N) is 2. The van der Waals surface area contributed by atoms with E-state index in [0.717, 1.165) is 42.8 Å². The van der Waals surface area contributed by atoms with Crippen LogP contribution in [0.2, 0.25) is 0 Å². The lowest BCUT2D eigenvalue weighted by Gasteiger charge is -2.26. The number of ether oxygens (including phenoxy) is 2. The highest BCUT2D eigenvalue weighted by molar-refractivity contribution is 7.89. The van der Waals surface area contributed by atoms with Crippen molar-refractivity contribution in [3.8, 4) is 0 Å². The third-order valence-corrected chi connectivity index (χ3v) is 5.83. The highest BCUT2D eigenvalue weighted by Gasteiger charge is 2.49. The topological polar surface area (TPSA) is 133 Å². The van der Waals surface area contributed by atoms with Crippen molar-refractivity contribution in [1.29, 1.82) is 0 Å². The van der Waals surface area contributed by atoms with Gasteiger partial charge in [-0.2, -0.15) is 4.31 Å². The lowest BCUT2D eigenvalue weighted by Crippen LogP contribution is -2.48. The summed E-state index contributed by atoms with van der Waals surface area (Å²) >= 11 is 0. The largest absolute Gasteiger partial charge is 0.468 e. The van der Waals surface area contributed by atoms with Crippen molar-refractivity contribution < 1.29 is 32.4 Å². The number of nitro benzene ring substituents is 1. The third-order valence-electron chi connectivity index (χ3n) is 3.90. The molecule has 0 N–H and O–H groups in total. The molecule has 0 aromatic heterocycles. The molecule has 0 radical (unpaired) electrons. The van der Waals surface area contributed by atoms with Crippen LogP contribution in [0, 0.1) is 10.1 Å². The second kappa shape index (κ2) is 7.15. The second-order valence-corrected chi connectivity index (χ2v) is 7.08. The fourth-order valence-corrected chi connectivity index (χ4v) is 4.48. The van der Waals surface area contributed by atoms with Crippen LogP contribution < -0.4 is 0 Å². The average Bonchev–Trinajstić information content (AvgIpc) is 3.06. The molecular formula is C14H16N2O8S. The first kappa shape index (κ1) is 18.8. The Bertz CT molecular complexity index is 766. The fraction of sp³-hybridized carbons (Fsp3) is 0.429. The highest BCUT2D eigenvalue weighted by atomic mass is 32.2. The van der Waals surface area contributed by atoms with Crippen molar-refractivity contribution in [3.63, 3.8) is 0 Å². The average molecular weight is 372 g/mol. The smallest absolute Gasteiger partial charge is 0.324 e. The lowest BCUT2D eigenvalue weighted by molar-refractivity contribution is -0.384. The molecule has 1 saturated heterocycles. The summed E-state index contributed by atoms with van der Waals surface area (Å²) in [7, 11) is -2.05. The van der Waals surface area contributed by atoms with Gasteiger partial charge in [0.1, 0.15) is 12.1 Å². The number of hydrogen-bond acceptors (Lipinski definition) is 8. The predicted octanol–water partition coefficient (Wildman–Crippen LogP) is 0.462. The van der Waals surface area contributed by atoms with E-state index in [4.69, 9.17) is 0 Å². The minimum Gasteiger partial charge on any atom is -0.468 e. The molecule has 0 aliphatic carbocycles. The molecule has 11 heteroatoms. The zero-order valence-electron chi connectivity index (χ0n) is 13.4. The number of sulfonamides is 1. The number of hydrogen-bond donors (Lipinski definition) is 0. The van der Waals surface area contributed by atoms with Gasteiger partial charge >= 0.3 is 11.9 Å². The van der Waals surface area contributed by atoms with Gasteiger partial charge in [0.25, 0.3) is 5.69 Å². The maximum atomic E-state index is 12.9. The van der Waals surface area contributed by atoms with Gasteiger partial charge in [0, 0.05) is 12.1 Å². The maximum Gasteiger partial charge on any atom is 0.324 e. The Kier molecular flexibility index (Phi) is 5.38. The van der Waals surface area contributed by atoms with Crippen LogP contribution in [0.4, 0.5) is 5.69 Å². The Balaban J connectivity index is 2.48. The van der Waals surface area contributed by atoms with Gasteiger partial charge in [0.15, 0.2) is 0 Å². The van der Waals surface area contributed by atoms with Crippen molar-refractivity contribution in [3.05, 3.63) is 34.4 Å². The molecule has 0 spiro atoms. The van der Waals surface area contributed by atoms with Gasteiger partial charge in [-0.1, -0.05) is 0 Å². The number of benzene rings is 1. The molecule has 1 aliphatic rings. The summed E-state index contributed by atoms with van der Waals surface area (Å²) in [6, 6.07) is 1.82. The Morgan fingerprint density at radius 2 is 1.52 bits per heavy atom. The van der Waals surface area contributed by atoms with Gasteiger partial charge in [-0.3, -0.25) is 19.7 Å².